The molecule has 0 aromatic carbocycles. The van der Waals surface area contributed by atoms with E-state index >= 15 is 0 Å². The normalized spacial score (nSPS) is 15.6. The number of rotatable bonds is 3. The Hall–Kier alpha value is -2.37. The minimum absolute atomic E-state index is 0.315. The second-order valence-corrected chi connectivity index (χ2v) is 6.44. The van der Waals surface area contributed by atoms with Crippen molar-refractivity contribution in [3.8, 4) is 0 Å². The first-order valence-electron chi connectivity index (χ1n) is 8.29. The van der Waals surface area contributed by atoms with Crippen LogP contribution in [0.2, 0.25) is 0 Å². The number of piperidine rings is 1. The Kier molecular flexibility index (Phi) is 4.55. The van der Waals surface area contributed by atoms with Gasteiger partial charge in [0.15, 0.2) is 0 Å². The van der Waals surface area contributed by atoms with E-state index in [1.165, 1.54) is 12.7 Å². The Morgan fingerprint density at radius 2 is 2.00 bits per heavy atom. The molecule has 0 saturated carbocycles. The van der Waals surface area contributed by atoms with Crippen LogP contribution in [0.5, 0.6) is 0 Å². The second kappa shape index (κ2) is 6.63. The molecule has 1 saturated heterocycles. The number of ether oxygens (including phenoxy) is 1. The van der Waals surface area contributed by atoms with Crippen molar-refractivity contribution >= 4 is 11.7 Å². The Morgan fingerprint density at radius 3 is 2.58 bits per heavy atom. The van der Waals surface area contributed by atoms with Crippen LogP contribution in [0, 0.1) is 13.8 Å². The summed E-state index contributed by atoms with van der Waals surface area (Å²) in [5.41, 5.74) is 4.47. The van der Waals surface area contributed by atoms with E-state index < -0.39 is 0 Å². The van der Waals surface area contributed by atoms with Gasteiger partial charge in [0, 0.05) is 32.0 Å². The Labute approximate surface area is 142 Å². The zero-order valence-electron chi connectivity index (χ0n) is 14.7. The third kappa shape index (κ3) is 3.13. The van der Waals surface area contributed by atoms with E-state index in [1.54, 1.807) is 0 Å². The highest BCUT2D eigenvalue weighted by Crippen LogP contribution is 2.33. The molecular weight excluding hydrogens is 304 g/mol. The predicted molar refractivity (Wildman–Crippen MR) is 92.4 cm³/mol. The molecule has 2 aromatic rings. The first-order chi connectivity index (χ1) is 11.5. The SMILES string of the molecule is COC(=O)c1c(N2CCC(c3cnn(C)c3)CC2)cc(C)nc1C. The lowest BCUT2D eigenvalue weighted by atomic mass is 9.91. The van der Waals surface area contributed by atoms with Crippen molar-refractivity contribution in [1.82, 2.24) is 14.8 Å². The third-order valence-electron chi connectivity index (χ3n) is 4.73. The Balaban J connectivity index is 1.82. The summed E-state index contributed by atoms with van der Waals surface area (Å²) >= 11 is 0. The van der Waals surface area contributed by atoms with Gasteiger partial charge in [-0.2, -0.15) is 5.10 Å². The predicted octanol–water partition coefficient (Wildman–Crippen LogP) is 2.60. The lowest BCUT2D eigenvalue weighted by molar-refractivity contribution is 0.0600. The highest BCUT2D eigenvalue weighted by Gasteiger charge is 2.26. The molecule has 0 spiro atoms. The molecular formula is C18H24N4O2. The van der Waals surface area contributed by atoms with Gasteiger partial charge in [0.05, 0.1) is 24.7 Å². The summed E-state index contributed by atoms with van der Waals surface area (Å²) in [6.45, 7) is 5.64. The maximum Gasteiger partial charge on any atom is 0.341 e. The minimum Gasteiger partial charge on any atom is -0.465 e. The van der Waals surface area contributed by atoms with E-state index in [-0.39, 0.29) is 5.97 Å². The summed E-state index contributed by atoms with van der Waals surface area (Å²) < 4.78 is 6.82. The van der Waals surface area contributed by atoms with Crippen molar-refractivity contribution in [1.29, 1.82) is 0 Å². The van der Waals surface area contributed by atoms with Gasteiger partial charge in [0.2, 0.25) is 0 Å². The van der Waals surface area contributed by atoms with Gasteiger partial charge in [-0.3, -0.25) is 9.67 Å². The van der Waals surface area contributed by atoms with Crippen LogP contribution < -0.4 is 4.90 Å². The zero-order valence-corrected chi connectivity index (χ0v) is 14.7. The molecule has 0 atom stereocenters. The van der Waals surface area contributed by atoms with E-state index in [0.29, 0.717) is 11.5 Å². The van der Waals surface area contributed by atoms with E-state index in [2.05, 4.69) is 21.2 Å². The van der Waals surface area contributed by atoms with Gasteiger partial charge in [-0.1, -0.05) is 0 Å². The highest BCUT2D eigenvalue weighted by atomic mass is 16.5. The topological polar surface area (TPSA) is 60.2 Å². The van der Waals surface area contributed by atoms with Gasteiger partial charge in [0.1, 0.15) is 5.56 Å². The van der Waals surface area contributed by atoms with E-state index in [9.17, 15) is 4.79 Å². The second-order valence-electron chi connectivity index (χ2n) is 6.44. The molecule has 1 aliphatic heterocycles. The standard InChI is InChI=1S/C18H24N4O2/c1-12-9-16(17(13(2)20-12)18(23)24-4)22-7-5-14(6-8-22)15-10-19-21(3)11-15/h9-11,14H,5-8H2,1-4H3. The monoisotopic (exact) mass is 328 g/mol. The van der Waals surface area contributed by atoms with Crippen LogP contribution in [-0.2, 0) is 11.8 Å². The van der Waals surface area contributed by atoms with Gasteiger partial charge in [-0.15, -0.1) is 0 Å². The number of aromatic nitrogens is 3. The van der Waals surface area contributed by atoms with Crippen LogP contribution in [0.4, 0.5) is 5.69 Å². The molecule has 0 radical (unpaired) electrons. The van der Waals surface area contributed by atoms with E-state index in [4.69, 9.17) is 4.74 Å². The van der Waals surface area contributed by atoms with Gasteiger partial charge < -0.3 is 9.64 Å². The fourth-order valence-corrected chi connectivity index (χ4v) is 3.52. The lowest BCUT2D eigenvalue weighted by Gasteiger charge is -2.34. The van der Waals surface area contributed by atoms with Crippen LogP contribution in [0.25, 0.3) is 0 Å². The number of hydrogen-bond donors (Lipinski definition) is 0. The molecule has 0 amide bonds. The van der Waals surface area contributed by atoms with Crippen LogP contribution in [-0.4, -0.2) is 40.9 Å². The number of carbonyl (C=O) groups is 1. The van der Waals surface area contributed by atoms with Crippen LogP contribution in [0.1, 0.15) is 46.1 Å². The fraction of sp³-hybridized carbons (Fsp3) is 0.500. The van der Waals surface area contributed by atoms with Gasteiger partial charge in [-0.25, -0.2) is 4.79 Å². The Bertz CT molecular complexity index is 745. The van der Waals surface area contributed by atoms with Crippen molar-refractivity contribution in [2.75, 3.05) is 25.1 Å². The zero-order chi connectivity index (χ0) is 17.3. The van der Waals surface area contributed by atoms with Crippen molar-refractivity contribution in [3.63, 3.8) is 0 Å². The smallest absolute Gasteiger partial charge is 0.341 e. The Morgan fingerprint density at radius 1 is 1.29 bits per heavy atom. The molecule has 6 nitrogen and oxygen atoms in total. The number of pyridine rings is 1. The number of carbonyl (C=O) groups excluding carboxylic acids is 1. The first kappa shape index (κ1) is 16.5. The first-order valence-corrected chi connectivity index (χ1v) is 8.29. The maximum absolute atomic E-state index is 12.2. The van der Waals surface area contributed by atoms with Gasteiger partial charge in [0.25, 0.3) is 0 Å². The quantitative estimate of drug-likeness (QED) is 0.811. The number of anilines is 1. The molecule has 2 aromatic heterocycles. The average Bonchev–Trinajstić information content (AvgIpc) is 3.00. The average molecular weight is 328 g/mol. The maximum atomic E-state index is 12.2. The molecule has 3 heterocycles. The molecule has 1 fully saturated rings. The number of esters is 1. The van der Waals surface area contributed by atoms with Crippen molar-refractivity contribution in [2.45, 2.75) is 32.6 Å². The summed E-state index contributed by atoms with van der Waals surface area (Å²) in [6, 6.07) is 1.99. The van der Waals surface area contributed by atoms with Gasteiger partial charge >= 0.3 is 5.97 Å². The van der Waals surface area contributed by atoms with Crippen molar-refractivity contribution < 1.29 is 9.53 Å². The molecule has 1 aliphatic rings. The van der Waals surface area contributed by atoms with Crippen LogP contribution >= 0.6 is 0 Å². The molecule has 24 heavy (non-hydrogen) atoms. The molecule has 0 aliphatic carbocycles. The largest absolute Gasteiger partial charge is 0.465 e. The van der Waals surface area contributed by atoms with E-state index in [0.717, 1.165) is 43.0 Å². The third-order valence-corrected chi connectivity index (χ3v) is 4.73. The molecule has 0 unspecified atom stereocenters. The number of nitrogens with zero attached hydrogens (tertiary/aromatic N) is 4. The lowest BCUT2D eigenvalue weighted by Crippen LogP contribution is -2.34. The molecule has 128 valence electrons. The van der Waals surface area contributed by atoms with E-state index in [1.807, 2.05) is 37.8 Å². The summed E-state index contributed by atoms with van der Waals surface area (Å²) in [6.07, 6.45) is 6.15. The fourth-order valence-electron chi connectivity index (χ4n) is 3.52. The van der Waals surface area contributed by atoms with Gasteiger partial charge in [-0.05, 0) is 44.2 Å². The van der Waals surface area contributed by atoms with Crippen LogP contribution in [0.15, 0.2) is 18.5 Å². The number of aryl methyl sites for hydroxylation is 3. The van der Waals surface area contributed by atoms with Crippen molar-refractivity contribution in [3.05, 3.63) is 41.0 Å². The molecule has 3 rings (SSSR count). The summed E-state index contributed by atoms with van der Waals surface area (Å²) in [5, 5.41) is 4.27. The van der Waals surface area contributed by atoms with Crippen LogP contribution in [0.3, 0.4) is 0 Å². The molecule has 0 bridgehead atoms. The summed E-state index contributed by atoms with van der Waals surface area (Å²) in [4.78, 5) is 18.9. The number of methoxy groups -OCH3 is 1. The highest BCUT2D eigenvalue weighted by molar-refractivity contribution is 5.97. The molecule has 6 heteroatoms. The van der Waals surface area contributed by atoms with Crippen molar-refractivity contribution in [2.24, 2.45) is 7.05 Å². The summed E-state index contributed by atoms with van der Waals surface area (Å²) in [5.74, 6) is 0.213. The summed E-state index contributed by atoms with van der Waals surface area (Å²) in [7, 11) is 3.36. The molecule has 0 N–H and O–H groups in total. The minimum atomic E-state index is -0.315. The number of hydrogen-bond acceptors (Lipinski definition) is 5.